The number of para-hydroxylation sites is 5. The first kappa shape index (κ1) is 35.6. The van der Waals surface area contributed by atoms with Crippen LogP contribution >= 0.6 is 0 Å². The van der Waals surface area contributed by atoms with Gasteiger partial charge in [-0.05, 0) is 100 Å². The Hall–Kier alpha value is -7.36. The largest absolute Gasteiger partial charge is 0.456 e. The van der Waals surface area contributed by atoms with Crippen molar-refractivity contribution >= 4 is 71.7 Å². The zero-order valence-corrected chi connectivity index (χ0v) is 33.9. The van der Waals surface area contributed by atoms with Gasteiger partial charge in [-0.3, -0.25) is 0 Å². The molecule has 0 unspecified atom stereocenters. The Kier molecular flexibility index (Phi) is 8.59. The number of anilines is 3. The Morgan fingerprint density at radius 3 is 1.72 bits per heavy atom. The van der Waals surface area contributed by atoms with E-state index in [4.69, 9.17) is 8.83 Å². The van der Waals surface area contributed by atoms with Gasteiger partial charge < -0.3 is 13.7 Å². The molecule has 0 N–H and O–H groups in total. The molecule has 3 heteroatoms. The van der Waals surface area contributed by atoms with E-state index in [2.05, 4.69) is 181 Å². The van der Waals surface area contributed by atoms with Crippen LogP contribution in [0.4, 0.5) is 17.1 Å². The van der Waals surface area contributed by atoms with Gasteiger partial charge in [0, 0.05) is 43.9 Å². The normalized spacial score (nSPS) is 13.5. The van der Waals surface area contributed by atoms with Crippen LogP contribution in [0, 0.1) is 0 Å². The molecule has 0 aliphatic heterocycles. The average molecular weight is 786 g/mol. The Labute approximate surface area is 355 Å². The molecule has 2 heterocycles. The van der Waals surface area contributed by atoms with E-state index in [-0.39, 0.29) is 0 Å². The number of benzene rings is 9. The SMILES string of the molecule is c1ccc(N(c2ccc(-c3ccc4oc5ccccc5c4c3)cc2)c2ccccc2-c2cccc3cccc(C4CCCCC4)c23)c(-c2cccc3c2oc2ccccc23)c1. The number of rotatable bonds is 7. The molecular formula is C58H43NO2. The molecular weight excluding hydrogens is 743 g/mol. The second kappa shape index (κ2) is 14.7. The van der Waals surface area contributed by atoms with Gasteiger partial charge in [-0.1, -0.05) is 165 Å². The first-order valence-electron chi connectivity index (χ1n) is 21.7. The molecule has 0 radical (unpaired) electrons. The van der Waals surface area contributed by atoms with Gasteiger partial charge in [-0.25, -0.2) is 0 Å². The summed E-state index contributed by atoms with van der Waals surface area (Å²) in [7, 11) is 0. The molecule has 2 aromatic heterocycles. The molecule has 61 heavy (non-hydrogen) atoms. The first-order valence-corrected chi connectivity index (χ1v) is 21.7. The third-order valence-corrected chi connectivity index (χ3v) is 13.1. The minimum atomic E-state index is 0.568. The van der Waals surface area contributed by atoms with Crippen molar-refractivity contribution in [1.29, 1.82) is 0 Å². The molecule has 3 nitrogen and oxygen atoms in total. The van der Waals surface area contributed by atoms with Crippen molar-refractivity contribution in [3.8, 4) is 33.4 Å². The molecule has 11 aromatic rings. The van der Waals surface area contributed by atoms with E-state index in [0.717, 1.165) is 83.2 Å². The highest BCUT2D eigenvalue weighted by Gasteiger charge is 2.25. The monoisotopic (exact) mass is 785 g/mol. The first-order chi connectivity index (χ1) is 30.3. The van der Waals surface area contributed by atoms with Crippen molar-refractivity contribution in [3.63, 3.8) is 0 Å². The smallest absolute Gasteiger partial charge is 0.143 e. The van der Waals surface area contributed by atoms with Crippen LogP contribution in [0.5, 0.6) is 0 Å². The van der Waals surface area contributed by atoms with Crippen molar-refractivity contribution in [2.45, 2.75) is 38.0 Å². The minimum Gasteiger partial charge on any atom is -0.456 e. The predicted molar refractivity (Wildman–Crippen MR) is 255 cm³/mol. The third kappa shape index (κ3) is 6.03. The molecule has 292 valence electrons. The Bertz CT molecular complexity index is 3410. The summed E-state index contributed by atoms with van der Waals surface area (Å²) in [6, 6.07) is 70.4. The van der Waals surface area contributed by atoms with Gasteiger partial charge in [0.15, 0.2) is 0 Å². The van der Waals surface area contributed by atoms with E-state index >= 15 is 0 Å². The zero-order valence-electron chi connectivity index (χ0n) is 33.9. The maximum atomic E-state index is 6.69. The lowest BCUT2D eigenvalue weighted by molar-refractivity contribution is 0.445. The highest BCUT2D eigenvalue weighted by atomic mass is 16.3. The van der Waals surface area contributed by atoms with Crippen LogP contribution in [0.15, 0.2) is 203 Å². The van der Waals surface area contributed by atoms with Gasteiger partial charge in [0.05, 0.1) is 11.4 Å². The fourth-order valence-electron chi connectivity index (χ4n) is 10.2. The Balaban J connectivity index is 1.07. The number of furan rings is 2. The molecule has 1 fully saturated rings. The van der Waals surface area contributed by atoms with Crippen molar-refractivity contribution in [1.82, 2.24) is 0 Å². The van der Waals surface area contributed by atoms with Gasteiger partial charge in [0.2, 0.25) is 0 Å². The van der Waals surface area contributed by atoms with E-state index < -0.39 is 0 Å². The summed E-state index contributed by atoms with van der Waals surface area (Å²) in [5, 5.41) is 7.18. The number of hydrogen-bond donors (Lipinski definition) is 0. The van der Waals surface area contributed by atoms with Crippen LogP contribution < -0.4 is 4.90 Å². The van der Waals surface area contributed by atoms with Gasteiger partial charge in [-0.2, -0.15) is 0 Å². The van der Waals surface area contributed by atoms with Crippen LogP contribution in [0.1, 0.15) is 43.6 Å². The number of nitrogens with zero attached hydrogens (tertiary/aromatic N) is 1. The Morgan fingerprint density at radius 1 is 0.393 bits per heavy atom. The van der Waals surface area contributed by atoms with E-state index in [0.29, 0.717) is 5.92 Å². The number of fused-ring (bicyclic) bond motifs is 7. The standard InChI is InChI=1S/C58H43NO2/c1-2-15-39(16-3-1)43-23-12-17-40-18-13-24-48(57(40)43)44-19-4-8-27-52(44)59(42-34-31-38(32-35-42)41-33-36-56-51(37-41)47-22-7-10-29-54(47)60-56)53-28-9-5-20-45(53)49-25-14-26-50-46-21-6-11-30-55(46)61-58(49)50/h4-14,17-37,39H,1-3,15-16H2. The minimum absolute atomic E-state index is 0.568. The summed E-state index contributed by atoms with van der Waals surface area (Å²) in [5.74, 6) is 0.568. The van der Waals surface area contributed by atoms with E-state index in [1.807, 2.05) is 18.2 Å². The molecule has 1 aliphatic rings. The highest BCUT2D eigenvalue weighted by molar-refractivity contribution is 6.12. The quantitative estimate of drug-likeness (QED) is 0.161. The van der Waals surface area contributed by atoms with Crippen LogP contribution in [-0.2, 0) is 0 Å². The number of hydrogen-bond acceptors (Lipinski definition) is 3. The van der Waals surface area contributed by atoms with E-state index in [1.54, 1.807) is 0 Å². The van der Waals surface area contributed by atoms with Gasteiger partial charge >= 0.3 is 0 Å². The van der Waals surface area contributed by atoms with Crippen molar-refractivity contribution < 1.29 is 8.83 Å². The second-order valence-corrected chi connectivity index (χ2v) is 16.6. The van der Waals surface area contributed by atoms with Gasteiger partial charge in [0.25, 0.3) is 0 Å². The summed E-state index contributed by atoms with van der Waals surface area (Å²) in [4.78, 5) is 2.46. The van der Waals surface area contributed by atoms with E-state index in [1.165, 1.54) is 59.6 Å². The zero-order chi connectivity index (χ0) is 40.3. The van der Waals surface area contributed by atoms with Gasteiger partial charge in [-0.15, -0.1) is 0 Å². The highest BCUT2D eigenvalue weighted by Crippen LogP contribution is 2.49. The fraction of sp³-hybridized carbons (Fsp3) is 0.103. The van der Waals surface area contributed by atoms with Crippen LogP contribution in [0.2, 0.25) is 0 Å². The molecule has 0 spiro atoms. The van der Waals surface area contributed by atoms with Crippen LogP contribution in [-0.4, -0.2) is 0 Å². The summed E-state index contributed by atoms with van der Waals surface area (Å²) in [5.41, 5.74) is 15.3. The molecule has 0 atom stereocenters. The lowest BCUT2D eigenvalue weighted by Gasteiger charge is -2.31. The lowest BCUT2D eigenvalue weighted by Crippen LogP contribution is -2.12. The molecule has 0 amide bonds. The van der Waals surface area contributed by atoms with Crippen molar-refractivity contribution in [2.24, 2.45) is 0 Å². The summed E-state index contributed by atoms with van der Waals surface area (Å²) >= 11 is 0. The second-order valence-electron chi connectivity index (χ2n) is 16.6. The molecule has 1 saturated carbocycles. The lowest BCUT2D eigenvalue weighted by atomic mass is 9.80. The summed E-state index contributed by atoms with van der Waals surface area (Å²) in [6.45, 7) is 0. The van der Waals surface area contributed by atoms with Crippen molar-refractivity contribution in [3.05, 3.63) is 200 Å². The topological polar surface area (TPSA) is 29.5 Å². The molecule has 1 aliphatic carbocycles. The Morgan fingerprint density at radius 2 is 0.951 bits per heavy atom. The fourth-order valence-corrected chi connectivity index (χ4v) is 10.2. The maximum Gasteiger partial charge on any atom is 0.143 e. The van der Waals surface area contributed by atoms with Crippen LogP contribution in [0.3, 0.4) is 0 Å². The van der Waals surface area contributed by atoms with Crippen molar-refractivity contribution in [2.75, 3.05) is 4.90 Å². The summed E-state index contributed by atoms with van der Waals surface area (Å²) in [6.07, 6.45) is 6.42. The predicted octanol–water partition coefficient (Wildman–Crippen LogP) is 17.2. The van der Waals surface area contributed by atoms with E-state index in [9.17, 15) is 0 Å². The van der Waals surface area contributed by atoms with Gasteiger partial charge in [0.1, 0.15) is 22.3 Å². The molecule has 9 aromatic carbocycles. The third-order valence-electron chi connectivity index (χ3n) is 13.1. The maximum absolute atomic E-state index is 6.69. The average Bonchev–Trinajstić information content (AvgIpc) is 3.91. The van der Waals surface area contributed by atoms with Crippen LogP contribution in [0.25, 0.3) is 88.0 Å². The molecule has 0 saturated heterocycles. The summed E-state index contributed by atoms with van der Waals surface area (Å²) < 4.78 is 12.9. The molecule has 0 bridgehead atoms. The molecule has 12 rings (SSSR count).